The minimum Gasteiger partial charge on any atom is -0.494 e. The molecule has 5 nitrogen and oxygen atoms in total. The van der Waals surface area contributed by atoms with Gasteiger partial charge in [-0.05, 0) is 56.4 Å². The zero-order valence-electron chi connectivity index (χ0n) is 12.8. The van der Waals surface area contributed by atoms with Crippen LogP contribution in [0.25, 0.3) is 0 Å². The minimum absolute atomic E-state index is 0.0707. The predicted molar refractivity (Wildman–Crippen MR) is 82.7 cm³/mol. The Morgan fingerprint density at radius 2 is 2.14 bits per heavy atom. The van der Waals surface area contributed by atoms with E-state index in [1.165, 1.54) is 0 Å². The van der Waals surface area contributed by atoms with Crippen molar-refractivity contribution in [2.45, 2.75) is 26.7 Å². The summed E-state index contributed by atoms with van der Waals surface area (Å²) in [4.78, 5) is 14.1. The van der Waals surface area contributed by atoms with Crippen LogP contribution in [-0.2, 0) is 0 Å². The number of rotatable bonds is 4. The molecule has 0 aliphatic carbocycles. The van der Waals surface area contributed by atoms with Gasteiger partial charge in [0.25, 0.3) is 0 Å². The maximum absolute atomic E-state index is 12.2. The first-order valence-electron chi connectivity index (χ1n) is 7.54. The summed E-state index contributed by atoms with van der Waals surface area (Å²) in [5.41, 5.74) is 1.80. The summed E-state index contributed by atoms with van der Waals surface area (Å²) in [6, 6.07) is 5.60. The second kappa shape index (κ2) is 7.31. The van der Waals surface area contributed by atoms with Crippen molar-refractivity contribution in [1.82, 2.24) is 4.90 Å². The average Bonchev–Trinajstić information content (AvgIpc) is 2.50. The van der Waals surface area contributed by atoms with E-state index >= 15 is 0 Å². The summed E-state index contributed by atoms with van der Waals surface area (Å²) < 4.78 is 5.44. The number of anilines is 1. The van der Waals surface area contributed by atoms with Gasteiger partial charge in [-0.1, -0.05) is 0 Å². The Morgan fingerprint density at radius 3 is 2.71 bits per heavy atom. The molecule has 2 amide bonds. The Labute approximate surface area is 125 Å². The van der Waals surface area contributed by atoms with Gasteiger partial charge in [0.05, 0.1) is 6.61 Å². The molecule has 1 aliphatic heterocycles. The number of aliphatic hydroxyl groups excluding tert-OH is 1. The van der Waals surface area contributed by atoms with Crippen LogP contribution in [0.2, 0.25) is 0 Å². The van der Waals surface area contributed by atoms with Crippen LogP contribution in [0.5, 0.6) is 5.75 Å². The first kappa shape index (κ1) is 15.6. The van der Waals surface area contributed by atoms with Crippen molar-refractivity contribution in [3.63, 3.8) is 0 Å². The van der Waals surface area contributed by atoms with E-state index in [1.54, 1.807) is 0 Å². The van der Waals surface area contributed by atoms with Gasteiger partial charge in [-0.25, -0.2) is 4.79 Å². The molecule has 5 heteroatoms. The number of nitrogens with zero attached hydrogens (tertiary/aromatic N) is 1. The lowest BCUT2D eigenvalue weighted by Crippen LogP contribution is -2.41. The average molecular weight is 292 g/mol. The minimum atomic E-state index is -0.0707. The predicted octanol–water partition coefficient (Wildman–Crippen LogP) is 2.63. The number of hydrogen-bond donors (Lipinski definition) is 2. The number of carbonyl (C=O) groups excluding carboxylic acids is 1. The summed E-state index contributed by atoms with van der Waals surface area (Å²) >= 11 is 0. The third-order valence-corrected chi connectivity index (χ3v) is 3.91. The van der Waals surface area contributed by atoms with Gasteiger partial charge < -0.3 is 20.1 Å². The maximum Gasteiger partial charge on any atom is 0.321 e. The zero-order valence-corrected chi connectivity index (χ0v) is 12.8. The smallest absolute Gasteiger partial charge is 0.321 e. The number of aryl methyl sites for hydroxylation is 1. The molecule has 0 unspecified atom stereocenters. The summed E-state index contributed by atoms with van der Waals surface area (Å²) in [5, 5.41) is 12.1. The van der Waals surface area contributed by atoms with Crippen molar-refractivity contribution < 1.29 is 14.6 Å². The molecule has 0 atom stereocenters. The molecule has 0 spiro atoms. The molecule has 1 fully saturated rings. The van der Waals surface area contributed by atoms with Crippen molar-refractivity contribution in [2.75, 3.05) is 31.6 Å². The maximum atomic E-state index is 12.2. The number of piperidine rings is 1. The third-order valence-electron chi connectivity index (χ3n) is 3.91. The van der Waals surface area contributed by atoms with Crippen molar-refractivity contribution in [1.29, 1.82) is 0 Å². The monoisotopic (exact) mass is 292 g/mol. The molecule has 2 N–H and O–H groups in total. The largest absolute Gasteiger partial charge is 0.494 e. The molecule has 0 radical (unpaired) electrons. The number of nitrogens with one attached hydrogen (secondary N) is 1. The molecule has 0 aromatic heterocycles. The highest BCUT2D eigenvalue weighted by molar-refractivity contribution is 5.90. The highest BCUT2D eigenvalue weighted by atomic mass is 16.5. The summed E-state index contributed by atoms with van der Waals surface area (Å²) in [5.74, 6) is 1.15. The molecular weight excluding hydrogens is 268 g/mol. The van der Waals surface area contributed by atoms with Crippen LogP contribution in [-0.4, -0.2) is 42.3 Å². The molecule has 1 aromatic rings. The number of hydrogen-bond acceptors (Lipinski definition) is 3. The lowest BCUT2D eigenvalue weighted by molar-refractivity contribution is 0.143. The molecule has 1 heterocycles. The highest BCUT2D eigenvalue weighted by Gasteiger charge is 2.22. The number of ether oxygens (including phenoxy) is 1. The Kier molecular flexibility index (Phi) is 5.44. The second-order valence-electron chi connectivity index (χ2n) is 5.45. The zero-order chi connectivity index (χ0) is 15.2. The van der Waals surface area contributed by atoms with Crippen LogP contribution < -0.4 is 10.1 Å². The molecule has 21 heavy (non-hydrogen) atoms. The molecular formula is C16H24N2O3. The standard InChI is InChI=1S/C16H24N2O3/c1-3-21-14-4-5-15(12(2)10-14)17-16(20)18-8-6-13(11-19)7-9-18/h4-5,10,13,19H,3,6-9,11H2,1-2H3,(H,17,20). The number of amides is 2. The van der Waals surface area contributed by atoms with Gasteiger partial charge in [-0.15, -0.1) is 0 Å². The molecule has 1 aromatic carbocycles. The van der Waals surface area contributed by atoms with Crippen LogP contribution in [0.1, 0.15) is 25.3 Å². The second-order valence-corrected chi connectivity index (χ2v) is 5.45. The fourth-order valence-corrected chi connectivity index (χ4v) is 2.55. The Morgan fingerprint density at radius 1 is 1.43 bits per heavy atom. The molecule has 1 saturated heterocycles. The van der Waals surface area contributed by atoms with E-state index < -0.39 is 0 Å². The number of aliphatic hydroxyl groups is 1. The van der Waals surface area contributed by atoms with Crippen LogP contribution in [0.3, 0.4) is 0 Å². The van der Waals surface area contributed by atoms with E-state index in [-0.39, 0.29) is 12.6 Å². The van der Waals surface area contributed by atoms with Crippen LogP contribution in [0.4, 0.5) is 10.5 Å². The van der Waals surface area contributed by atoms with Crippen LogP contribution in [0, 0.1) is 12.8 Å². The molecule has 0 saturated carbocycles. The molecule has 0 bridgehead atoms. The third kappa shape index (κ3) is 4.11. The van der Waals surface area contributed by atoms with E-state index in [4.69, 9.17) is 9.84 Å². The van der Waals surface area contributed by atoms with Crippen molar-refractivity contribution in [2.24, 2.45) is 5.92 Å². The highest BCUT2D eigenvalue weighted by Crippen LogP contribution is 2.23. The van der Waals surface area contributed by atoms with E-state index in [0.717, 1.165) is 29.8 Å². The van der Waals surface area contributed by atoms with Gasteiger partial charge >= 0.3 is 6.03 Å². The summed E-state index contributed by atoms with van der Waals surface area (Å²) in [6.07, 6.45) is 1.73. The molecule has 2 rings (SSSR count). The SMILES string of the molecule is CCOc1ccc(NC(=O)N2CCC(CO)CC2)c(C)c1. The summed E-state index contributed by atoms with van der Waals surface area (Å²) in [6.45, 7) is 6.15. The Bertz CT molecular complexity index is 482. The lowest BCUT2D eigenvalue weighted by atomic mass is 9.98. The summed E-state index contributed by atoms with van der Waals surface area (Å²) in [7, 11) is 0. The van der Waals surface area contributed by atoms with Crippen LogP contribution >= 0.6 is 0 Å². The first-order valence-corrected chi connectivity index (χ1v) is 7.54. The molecule has 116 valence electrons. The van der Waals surface area contributed by atoms with Gasteiger partial charge in [-0.2, -0.15) is 0 Å². The van der Waals surface area contributed by atoms with Gasteiger partial charge in [0.1, 0.15) is 5.75 Å². The quantitative estimate of drug-likeness (QED) is 0.896. The van der Waals surface area contributed by atoms with Gasteiger partial charge in [0.15, 0.2) is 0 Å². The Balaban J connectivity index is 1.93. The number of carbonyl (C=O) groups is 1. The Hall–Kier alpha value is -1.75. The van der Waals surface area contributed by atoms with Gasteiger partial charge in [0, 0.05) is 25.4 Å². The fraction of sp³-hybridized carbons (Fsp3) is 0.562. The van der Waals surface area contributed by atoms with E-state index in [0.29, 0.717) is 25.6 Å². The first-order chi connectivity index (χ1) is 10.1. The van der Waals surface area contributed by atoms with E-state index in [1.807, 2.05) is 36.9 Å². The van der Waals surface area contributed by atoms with Crippen molar-refractivity contribution in [3.05, 3.63) is 23.8 Å². The lowest BCUT2D eigenvalue weighted by Gasteiger charge is -2.31. The van der Waals surface area contributed by atoms with E-state index in [9.17, 15) is 4.79 Å². The van der Waals surface area contributed by atoms with Crippen molar-refractivity contribution >= 4 is 11.7 Å². The van der Waals surface area contributed by atoms with Crippen LogP contribution in [0.15, 0.2) is 18.2 Å². The van der Waals surface area contributed by atoms with Gasteiger partial charge in [0.2, 0.25) is 0 Å². The number of urea groups is 1. The number of benzene rings is 1. The normalized spacial score (nSPS) is 15.9. The molecule has 1 aliphatic rings. The van der Waals surface area contributed by atoms with Gasteiger partial charge in [-0.3, -0.25) is 0 Å². The topological polar surface area (TPSA) is 61.8 Å². The van der Waals surface area contributed by atoms with Crippen molar-refractivity contribution in [3.8, 4) is 5.75 Å². The number of likely N-dealkylation sites (tertiary alicyclic amines) is 1. The fourth-order valence-electron chi connectivity index (χ4n) is 2.55. The van der Waals surface area contributed by atoms with E-state index in [2.05, 4.69) is 5.32 Å².